The summed E-state index contributed by atoms with van der Waals surface area (Å²) in [4.78, 5) is 4.62. The second-order valence-electron chi connectivity index (χ2n) is 6.55. The normalized spacial score (nSPS) is 15.2. The predicted molar refractivity (Wildman–Crippen MR) is 95.8 cm³/mol. The summed E-state index contributed by atoms with van der Waals surface area (Å²) < 4.78 is 2.08. The topological polar surface area (TPSA) is 72.3 Å². The number of fused-ring (bicyclic) bond motifs is 1. The number of benzene rings is 2. The number of hydrogen-bond donors (Lipinski definition) is 1. The minimum atomic E-state index is 0.490. The van der Waals surface area contributed by atoms with Crippen LogP contribution in [0.15, 0.2) is 48.5 Å². The van der Waals surface area contributed by atoms with Crippen molar-refractivity contribution in [2.45, 2.75) is 31.7 Å². The molecule has 2 aromatic carbocycles. The zero-order chi connectivity index (χ0) is 16.6. The van der Waals surface area contributed by atoms with Crippen LogP contribution in [0.1, 0.15) is 31.7 Å². The molecule has 5 rings (SSSR count). The number of aromatic nitrogens is 6. The lowest BCUT2D eigenvalue weighted by atomic mass is 10.1. The Hall–Kier alpha value is -3.02. The Bertz CT molecular complexity index is 1010. The lowest BCUT2D eigenvalue weighted by molar-refractivity contribution is 0.467. The van der Waals surface area contributed by atoms with E-state index in [1.165, 1.54) is 25.7 Å². The van der Waals surface area contributed by atoms with Crippen molar-refractivity contribution in [3.63, 3.8) is 0 Å². The lowest BCUT2D eigenvalue weighted by Crippen LogP contribution is -2.06. The molecule has 0 bridgehead atoms. The minimum absolute atomic E-state index is 0.490. The highest BCUT2D eigenvalue weighted by Gasteiger charge is 2.20. The first-order valence-electron chi connectivity index (χ1n) is 8.72. The van der Waals surface area contributed by atoms with E-state index in [0.29, 0.717) is 11.9 Å². The fourth-order valence-corrected chi connectivity index (χ4v) is 3.62. The van der Waals surface area contributed by atoms with Crippen molar-refractivity contribution >= 4 is 11.0 Å². The predicted octanol–water partition coefficient (Wildman–Crippen LogP) is 4.00. The standard InChI is InChI=1S/C19H18N6/c1-2-6-13(7-3-1)18-20-19(23-22-18)14-10-11-17-16(12-14)21-24-25(17)15-8-4-5-9-15/h1-3,6-7,10-12,15H,4-5,8-9H2,(H,20,22,23). The van der Waals surface area contributed by atoms with Gasteiger partial charge in [0.25, 0.3) is 0 Å². The molecule has 124 valence electrons. The smallest absolute Gasteiger partial charge is 0.181 e. The molecule has 6 heteroatoms. The van der Waals surface area contributed by atoms with E-state index in [1.807, 2.05) is 36.4 Å². The second-order valence-corrected chi connectivity index (χ2v) is 6.55. The van der Waals surface area contributed by atoms with Gasteiger partial charge in [0.1, 0.15) is 5.52 Å². The average Bonchev–Trinajstić information content (AvgIpc) is 3.41. The quantitative estimate of drug-likeness (QED) is 0.616. The van der Waals surface area contributed by atoms with Crippen LogP contribution in [-0.4, -0.2) is 30.2 Å². The van der Waals surface area contributed by atoms with Gasteiger partial charge in [-0.15, -0.1) is 5.10 Å². The number of H-pyrrole nitrogens is 1. The molecule has 0 unspecified atom stereocenters. The van der Waals surface area contributed by atoms with Crippen LogP contribution in [0.3, 0.4) is 0 Å². The molecule has 0 saturated heterocycles. The average molecular weight is 330 g/mol. The highest BCUT2D eigenvalue weighted by molar-refractivity contribution is 5.80. The van der Waals surface area contributed by atoms with E-state index in [4.69, 9.17) is 0 Å². The first-order valence-corrected chi connectivity index (χ1v) is 8.72. The van der Waals surface area contributed by atoms with Gasteiger partial charge in [-0.2, -0.15) is 5.10 Å². The summed E-state index contributed by atoms with van der Waals surface area (Å²) in [6, 6.07) is 16.6. The van der Waals surface area contributed by atoms with Crippen molar-refractivity contribution in [3.05, 3.63) is 48.5 Å². The van der Waals surface area contributed by atoms with Crippen LogP contribution in [0.4, 0.5) is 0 Å². The summed E-state index contributed by atoms with van der Waals surface area (Å²) in [5.41, 5.74) is 3.96. The van der Waals surface area contributed by atoms with Crippen molar-refractivity contribution in [2.24, 2.45) is 0 Å². The number of nitrogens with one attached hydrogen (secondary N) is 1. The Kier molecular flexibility index (Phi) is 3.33. The van der Waals surface area contributed by atoms with Crippen LogP contribution >= 0.6 is 0 Å². The van der Waals surface area contributed by atoms with Crippen molar-refractivity contribution in [2.75, 3.05) is 0 Å². The monoisotopic (exact) mass is 330 g/mol. The number of nitrogens with zero attached hydrogens (tertiary/aromatic N) is 5. The van der Waals surface area contributed by atoms with Gasteiger partial charge in [-0.05, 0) is 31.0 Å². The SMILES string of the molecule is c1ccc(-c2nc(-c3ccc4c(c3)nnn4C3CCCC3)n[nH]2)cc1. The molecular formula is C19H18N6. The Morgan fingerprint density at radius 1 is 0.960 bits per heavy atom. The molecule has 4 aromatic rings. The molecule has 6 nitrogen and oxygen atoms in total. The maximum absolute atomic E-state index is 4.62. The third-order valence-corrected chi connectivity index (χ3v) is 4.93. The molecule has 0 radical (unpaired) electrons. The third kappa shape index (κ3) is 2.50. The summed E-state index contributed by atoms with van der Waals surface area (Å²) in [7, 11) is 0. The summed E-state index contributed by atoms with van der Waals surface area (Å²) in [6.07, 6.45) is 4.95. The van der Waals surface area contributed by atoms with Crippen LogP contribution in [0, 0.1) is 0 Å². The molecule has 1 aliphatic rings. The minimum Gasteiger partial charge on any atom is -0.259 e. The highest BCUT2D eigenvalue weighted by atomic mass is 15.4. The highest BCUT2D eigenvalue weighted by Crippen LogP contribution is 2.32. The van der Waals surface area contributed by atoms with E-state index in [0.717, 1.165) is 28.0 Å². The summed E-state index contributed by atoms with van der Waals surface area (Å²) in [5, 5.41) is 16.1. The molecule has 2 aromatic heterocycles. The fraction of sp³-hybridized carbons (Fsp3) is 0.263. The molecule has 1 aliphatic carbocycles. The number of rotatable bonds is 3. The zero-order valence-corrected chi connectivity index (χ0v) is 13.8. The molecule has 0 amide bonds. The zero-order valence-electron chi connectivity index (χ0n) is 13.8. The van der Waals surface area contributed by atoms with Gasteiger partial charge in [0, 0.05) is 11.1 Å². The molecule has 1 fully saturated rings. The molecule has 1 N–H and O–H groups in total. The van der Waals surface area contributed by atoms with Gasteiger partial charge < -0.3 is 0 Å². The maximum atomic E-state index is 4.62. The van der Waals surface area contributed by atoms with Gasteiger partial charge >= 0.3 is 0 Å². The Balaban J connectivity index is 1.50. The van der Waals surface area contributed by atoms with Gasteiger partial charge in [-0.3, -0.25) is 5.10 Å². The molecule has 2 heterocycles. The van der Waals surface area contributed by atoms with E-state index >= 15 is 0 Å². The van der Waals surface area contributed by atoms with Crippen LogP contribution in [0.5, 0.6) is 0 Å². The van der Waals surface area contributed by atoms with Crippen LogP contribution in [0.25, 0.3) is 33.8 Å². The molecule has 0 spiro atoms. The molecular weight excluding hydrogens is 312 g/mol. The summed E-state index contributed by atoms with van der Waals surface area (Å²) in [5.74, 6) is 1.45. The van der Waals surface area contributed by atoms with Crippen molar-refractivity contribution < 1.29 is 0 Å². The molecule has 25 heavy (non-hydrogen) atoms. The Morgan fingerprint density at radius 3 is 2.64 bits per heavy atom. The van der Waals surface area contributed by atoms with Crippen molar-refractivity contribution in [1.29, 1.82) is 0 Å². The van der Waals surface area contributed by atoms with E-state index in [-0.39, 0.29) is 0 Å². The lowest BCUT2D eigenvalue weighted by Gasteiger charge is -2.09. The van der Waals surface area contributed by atoms with Gasteiger partial charge in [0.15, 0.2) is 11.6 Å². The van der Waals surface area contributed by atoms with Gasteiger partial charge in [-0.25, -0.2) is 9.67 Å². The van der Waals surface area contributed by atoms with E-state index < -0.39 is 0 Å². The van der Waals surface area contributed by atoms with Crippen LogP contribution < -0.4 is 0 Å². The van der Waals surface area contributed by atoms with E-state index in [2.05, 4.69) is 42.3 Å². The van der Waals surface area contributed by atoms with Crippen molar-refractivity contribution in [3.8, 4) is 22.8 Å². The first kappa shape index (κ1) is 14.3. The second kappa shape index (κ2) is 5.81. The molecule has 0 atom stereocenters. The van der Waals surface area contributed by atoms with E-state index in [9.17, 15) is 0 Å². The first-order chi connectivity index (χ1) is 12.4. The Morgan fingerprint density at radius 2 is 1.80 bits per heavy atom. The molecule has 0 aliphatic heterocycles. The van der Waals surface area contributed by atoms with Crippen LogP contribution in [0.2, 0.25) is 0 Å². The van der Waals surface area contributed by atoms with E-state index in [1.54, 1.807) is 0 Å². The van der Waals surface area contributed by atoms with Gasteiger partial charge in [-0.1, -0.05) is 48.4 Å². The summed E-state index contributed by atoms with van der Waals surface area (Å²) in [6.45, 7) is 0. The third-order valence-electron chi connectivity index (χ3n) is 4.93. The van der Waals surface area contributed by atoms with Crippen molar-refractivity contribution in [1.82, 2.24) is 30.2 Å². The summed E-state index contributed by atoms with van der Waals surface area (Å²) >= 11 is 0. The number of hydrogen-bond acceptors (Lipinski definition) is 4. The maximum Gasteiger partial charge on any atom is 0.181 e. The fourth-order valence-electron chi connectivity index (χ4n) is 3.62. The van der Waals surface area contributed by atoms with Gasteiger partial charge in [0.2, 0.25) is 0 Å². The number of aromatic amines is 1. The van der Waals surface area contributed by atoms with Gasteiger partial charge in [0.05, 0.1) is 11.6 Å². The van der Waals surface area contributed by atoms with Crippen LogP contribution in [-0.2, 0) is 0 Å². The Labute approximate surface area is 144 Å². The molecule has 1 saturated carbocycles. The largest absolute Gasteiger partial charge is 0.259 e.